The minimum absolute atomic E-state index is 0.457. The quantitative estimate of drug-likeness (QED) is 0.354. The van der Waals surface area contributed by atoms with Crippen molar-refractivity contribution < 1.29 is 8.78 Å². The van der Waals surface area contributed by atoms with Gasteiger partial charge in [-0.05, 0) is 54.7 Å². The molecule has 30 heavy (non-hydrogen) atoms. The summed E-state index contributed by atoms with van der Waals surface area (Å²) in [7, 11) is 0. The summed E-state index contributed by atoms with van der Waals surface area (Å²) in [5.41, 5.74) is 4.58. The molecule has 0 saturated heterocycles. The summed E-state index contributed by atoms with van der Waals surface area (Å²) in [6.45, 7) is 2.17. The maximum absolute atomic E-state index is 12.6. The first-order valence-electron chi connectivity index (χ1n) is 10.5. The summed E-state index contributed by atoms with van der Waals surface area (Å²) < 4.78 is 27.6. The first kappa shape index (κ1) is 21.3. The van der Waals surface area contributed by atoms with E-state index in [-0.39, 0.29) is 0 Å². The van der Waals surface area contributed by atoms with Crippen molar-refractivity contribution in [1.82, 2.24) is 4.57 Å². The molecule has 0 spiro atoms. The molecule has 1 heterocycles. The third-order valence-corrected chi connectivity index (χ3v) is 7.19. The molecule has 158 valence electrons. The lowest BCUT2D eigenvalue weighted by Crippen LogP contribution is -2.23. The second-order valence-electron chi connectivity index (χ2n) is 7.60. The Labute approximate surface area is 184 Å². The Balaban J connectivity index is 1.73. The van der Waals surface area contributed by atoms with Crippen LogP contribution in [0.5, 0.6) is 0 Å². The van der Waals surface area contributed by atoms with Crippen molar-refractivity contribution in [3.63, 3.8) is 0 Å². The number of hydrogen-bond acceptors (Lipinski definition) is 3. The molecular formula is C24H26F2N2S2. The van der Waals surface area contributed by atoms with Crippen molar-refractivity contribution in [2.24, 2.45) is 4.99 Å². The Bertz CT molecular complexity index is 1010. The highest BCUT2D eigenvalue weighted by molar-refractivity contribution is 7.99. The zero-order chi connectivity index (χ0) is 20.9. The van der Waals surface area contributed by atoms with E-state index < -0.39 is 5.76 Å². The van der Waals surface area contributed by atoms with E-state index in [2.05, 4.69) is 41.1 Å². The number of rotatable bonds is 6. The second-order valence-corrected chi connectivity index (χ2v) is 9.50. The van der Waals surface area contributed by atoms with E-state index in [9.17, 15) is 8.78 Å². The molecule has 1 aliphatic rings. The van der Waals surface area contributed by atoms with Gasteiger partial charge >= 0.3 is 0 Å². The lowest BCUT2D eigenvalue weighted by atomic mass is 9.95. The molecule has 0 unspecified atom stereocenters. The average Bonchev–Trinajstić information content (AvgIpc) is 3.19. The van der Waals surface area contributed by atoms with Gasteiger partial charge in [0.15, 0.2) is 4.80 Å². The van der Waals surface area contributed by atoms with Crippen molar-refractivity contribution in [3.8, 4) is 11.3 Å². The number of thioether (sulfide) groups is 1. The average molecular weight is 445 g/mol. The Morgan fingerprint density at radius 3 is 2.37 bits per heavy atom. The molecule has 2 nitrogen and oxygen atoms in total. The van der Waals surface area contributed by atoms with Crippen molar-refractivity contribution in [2.75, 3.05) is 0 Å². The summed E-state index contributed by atoms with van der Waals surface area (Å²) >= 11 is 2.22. The van der Waals surface area contributed by atoms with Crippen LogP contribution in [0.15, 0.2) is 63.8 Å². The van der Waals surface area contributed by atoms with Gasteiger partial charge in [0.05, 0.1) is 11.4 Å². The van der Waals surface area contributed by atoms with E-state index in [1.807, 2.05) is 12.1 Å². The molecule has 0 N–H and O–H groups in total. The zero-order valence-corrected chi connectivity index (χ0v) is 18.7. The SMILES string of the molecule is CCc1ccc(-c2csc(=Nc3ccc(SC(F)F)cc3)n2C2CCCCC2)cc1. The largest absolute Gasteiger partial charge is 0.313 e. The summed E-state index contributed by atoms with van der Waals surface area (Å²) in [6.07, 6.45) is 7.19. The van der Waals surface area contributed by atoms with Gasteiger partial charge in [0.2, 0.25) is 0 Å². The molecule has 1 aliphatic carbocycles. The van der Waals surface area contributed by atoms with Crippen LogP contribution in [0.2, 0.25) is 0 Å². The van der Waals surface area contributed by atoms with Crippen LogP contribution < -0.4 is 4.80 Å². The van der Waals surface area contributed by atoms with Gasteiger partial charge in [-0.3, -0.25) is 0 Å². The summed E-state index contributed by atoms with van der Waals surface area (Å²) in [5, 5.41) is 2.20. The first-order chi connectivity index (χ1) is 14.6. The van der Waals surface area contributed by atoms with Gasteiger partial charge in [-0.25, -0.2) is 4.99 Å². The molecule has 0 aliphatic heterocycles. The predicted molar refractivity (Wildman–Crippen MR) is 123 cm³/mol. The third-order valence-electron chi connectivity index (χ3n) is 5.63. The van der Waals surface area contributed by atoms with E-state index in [1.165, 1.54) is 48.9 Å². The van der Waals surface area contributed by atoms with Gasteiger partial charge < -0.3 is 4.57 Å². The van der Waals surface area contributed by atoms with Gasteiger partial charge in [0.25, 0.3) is 5.76 Å². The highest BCUT2D eigenvalue weighted by Crippen LogP contribution is 2.33. The fraction of sp³-hybridized carbons (Fsp3) is 0.375. The lowest BCUT2D eigenvalue weighted by Gasteiger charge is -2.25. The van der Waals surface area contributed by atoms with Crippen LogP contribution in [-0.4, -0.2) is 10.3 Å². The van der Waals surface area contributed by atoms with E-state index in [4.69, 9.17) is 4.99 Å². The number of nitrogens with zero attached hydrogens (tertiary/aromatic N) is 2. The number of aryl methyl sites for hydroxylation is 1. The van der Waals surface area contributed by atoms with Crippen LogP contribution in [0.1, 0.15) is 50.6 Å². The van der Waals surface area contributed by atoms with Crippen LogP contribution in [-0.2, 0) is 6.42 Å². The molecule has 0 amide bonds. The number of halogens is 2. The fourth-order valence-corrected chi connectivity index (χ4v) is 5.51. The Kier molecular flexibility index (Phi) is 7.05. The topological polar surface area (TPSA) is 17.3 Å². The Morgan fingerprint density at radius 2 is 1.73 bits per heavy atom. The smallest absolute Gasteiger partial charge is 0.288 e. The molecule has 0 radical (unpaired) electrons. The molecule has 6 heteroatoms. The monoisotopic (exact) mass is 444 g/mol. The Hall–Kier alpha value is -1.92. The summed E-state index contributed by atoms with van der Waals surface area (Å²) in [6, 6.07) is 16.4. The number of hydrogen-bond donors (Lipinski definition) is 0. The first-order valence-corrected chi connectivity index (χ1v) is 12.3. The molecule has 3 aromatic rings. The van der Waals surface area contributed by atoms with Crippen molar-refractivity contribution >= 4 is 28.8 Å². The van der Waals surface area contributed by atoms with Crippen LogP contribution in [0.3, 0.4) is 0 Å². The highest BCUT2D eigenvalue weighted by Gasteiger charge is 2.20. The van der Waals surface area contributed by atoms with Crippen molar-refractivity contribution in [2.45, 2.75) is 62.1 Å². The predicted octanol–water partition coefficient (Wildman–Crippen LogP) is 7.83. The zero-order valence-electron chi connectivity index (χ0n) is 17.1. The minimum atomic E-state index is -2.40. The molecule has 4 rings (SSSR count). The van der Waals surface area contributed by atoms with Crippen molar-refractivity contribution in [1.29, 1.82) is 0 Å². The molecule has 1 fully saturated rings. The van der Waals surface area contributed by atoms with Gasteiger partial charge in [0.1, 0.15) is 0 Å². The lowest BCUT2D eigenvalue weighted by molar-refractivity contribution is 0.252. The molecule has 0 bridgehead atoms. The van der Waals surface area contributed by atoms with Crippen LogP contribution in [0, 0.1) is 0 Å². The number of aromatic nitrogens is 1. The van der Waals surface area contributed by atoms with E-state index in [1.54, 1.807) is 23.5 Å². The third kappa shape index (κ3) is 5.03. The Morgan fingerprint density at radius 1 is 1.03 bits per heavy atom. The normalized spacial score (nSPS) is 15.8. The fourth-order valence-electron chi connectivity index (χ4n) is 4.03. The number of alkyl halides is 2. The van der Waals surface area contributed by atoms with Crippen LogP contribution in [0.4, 0.5) is 14.5 Å². The summed E-state index contributed by atoms with van der Waals surface area (Å²) in [4.78, 5) is 6.44. The van der Waals surface area contributed by atoms with Crippen molar-refractivity contribution in [3.05, 3.63) is 64.3 Å². The summed E-state index contributed by atoms with van der Waals surface area (Å²) in [5.74, 6) is -2.40. The van der Waals surface area contributed by atoms with E-state index in [0.717, 1.165) is 16.9 Å². The maximum Gasteiger partial charge on any atom is 0.288 e. The maximum atomic E-state index is 12.6. The molecular weight excluding hydrogens is 418 g/mol. The minimum Gasteiger partial charge on any atom is -0.313 e. The second kappa shape index (κ2) is 9.92. The number of benzene rings is 2. The number of thiazole rings is 1. The molecule has 1 aromatic heterocycles. The molecule has 1 saturated carbocycles. The van der Waals surface area contributed by atoms with Crippen LogP contribution >= 0.6 is 23.1 Å². The molecule has 2 aromatic carbocycles. The standard InChI is InChI=1S/C24H26F2N2S2/c1-2-17-8-10-18(11-9-17)22-16-29-24(28(22)20-6-4-3-5-7-20)27-19-12-14-21(15-13-19)30-23(25)26/h8-16,20,23H,2-7H2,1H3. The van der Waals surface area contributed by atoms with E-state index >= 15 is 0 Å². The van der Waals surface area contributed by atoms with Crippen LogP contribution in [0.25, 0.3) is 11.3 Å². The van der Waals surface area contributed by atoms with Gasteiger partial charge in [-0.2, -0.15) is 8.78 Å². The molecule has 0 atom stereocenters. The highest BCUT2D eigenvalue weighted by atomic mass is 32.2. The van der Waals surface area contributed by atoms with Gasteiger partial charge in [-0.15, -0.1) is 11.3 Å². The van der Waals surface area contributed by atoms with Gasteiger partial charge in [0, 0.05) is 16.3 Å². The van der Waals surface area contributed by atoms with E-state index in [0.29, 0.717) is 22.7 Å². The van der Waals surface area contributed by atoms with Gasteiger partial charge in [-0.1, -0.05) is 62.2 Å².